The fourth-order valence-corrected chi connectivity index (χ4v) is 6.09. The van der Waals surface area contributed by atoms with Crippen molar-refractivity contribution in [2.75, 3.05) is 52.9 Å². The molecule has 2 aromatic rings. The van der Waals surface area contributed by atoms with Crippen LogP contribution in [-0.2, 0) is 21.4 Å². The van der Waals surface area contributed by atoms with Crippen molar-refractivity contribution in [2.24, 2.45) is 0 Å². The summed E-state index contributed by atoms with van der Waals surface area (Å²) in [7, 11) is -1.44. The first-order valence-corrected chi connectivity index (χ1v) is 13.8. The summed E-state index contributed by atoms with van der Waals surface area (Å²) in [5.74, 6) is 0.970. The number of carbonyl (C=O) groups excluding carboxylic acids is 1. The van der Waals surface area contributed by atoms with Gasteiger partial charge in [0.25, 0.3) is 0 Å². The molecule has 2 aliphatic heterocycles. The Morgan fingerprint density at radius 3 is 2.54 bits per heavy atom. The Hall–Kier alpha value is -2.17. The number of halogens is 1. The molecule has 0 bridgehead atoms. The van der Waals surface area contributed by atoms with Crippen LogP contribution in [0.3, 0.4) is 0 Å². The number of rotatable bonds is 10. The fraction of sp³-hybridized carbons (Fsp3) is 0.480. The zero-order valence-corrected chi connectivity index (χ0v) is 21.6. The zero-order valence-electron chi connectivity index (χ0n) is 20.0. The van der Waals surface area contributed by atoms with Crippen LogP contribution in [0.1, 0.15) is 18.4 Å². The van der Waals surface area contributed by atoms with Crippen LogP contribution in [0.4, 0.5) is 0 Å². The van der Waals surface area contributed by atoms with Gasteiger partial charge in [-0.1, -0.05) is 23.7 Å². The number of hydrogen-bond donors (Lipinski definition) is 1. The zero-order chi connectivity index (χ0) is 24.8. The van der Waals surface area contributed by atoms with Crippen molar-refractivity contribution >= 4 is 27.5 Å². The normalized spacial score (nSPS) is 19.7. The second-order valence-corrected chi connectivity index (χ2v) is 11.6. The highest BCUT2D eigenvalue weighted by Crippen LogP contribution is 2.20. The van der Waals surface area contributed by atoms with Gasteiger partial charge >= 0.3 is 0 Å². The Labute approximate surface area is 212 Å². The van der Waals surface area contributed by atoms with Crippen LogP contribution in [-0.4, -0.2) is 87.4 Å². The third-order valence-electron chi connectivity index (χ3n) is 6.43. The Morgan fingerprint density at radius 1 is 1.11 bits per heavy atom. The van der Waals surface area contributed by atoms with E-state index in [9.17, 15) is 13.2 Å². The van der Waals surface area contributed by atoms with Gasteiger partial charge in [0.05, 0.1) is 4.90 Å². The predicted molar refractivity (Wildman–Crippen MR) is 136 cm³/mol. The summed E-state index contributed by atoms with van der Waals surface area (Å²) in [6.45, 7) is 5.13. The minimum Gasteiger partial charge on any atom is -0.492 e. The van der Waals surface area contributed by atoms with Gasteiger partial charge in [-0.15, -0.1) is 0 Å². The molecule has 1 atom stereocenters. The first-order chi connectivity index (χ1) is 16.8. The van der Waals surface area contributed by atoms with Gasteiger partial charge in [-0.3, -0.25) is 9.69 Å². The molecule has 0 radical (unpaired) electrons. The number of sulfonamides is 1. The summed E-state index contributed by atoms with van der Waals surface area (Å²) in [6, 6.07) is 14.6. The number of nitrogens with one attached hydrogen (secondary N) is 1. The van der Waals surface area contributed by atoms with Gasteiger partial charge in [-0.05, 0) is 55.4 Å². The maximum absolute atomic E-state index is 12.8. The van der Waals surface area contributed by atoms with Crippen LogP contribution < -0.4 is 10.1 Å². The van der Waals surface area contributed by atoms with Gasteiger partial charge in [-0.2, -0.15) is 4.31 Å². The largest absolute Gasteiger partial charge is 0.492 e. The lowest BCUT2D eigenvalue weighted by molar-refractivity contribution is -0.119. The average molecular weight is 521 g/mol. The highest BCUT2D eigenvalue weighted by Gasteiger charge is 2.28. The van der Waals surface area contributed by atoms with Crippen molar-refractivity contribution in [3.63, 3.8) is 0 Å². The van der Waals surface area contributed by atoms with E-state index in [-0.39, 0.29) is 16.8 Å². The minimum atomic E-state index is -3.50. The molecular weight excluding hydrogens is 488 g/mol. The quantitative estimate of drug-likeness (QED) is 0.518. The highest BCUT2D eigenvalue weighted by atomic mass is 35.5. The highest BCUT2D eigenvalue weighted by molar-refractivity contribution is 7.89. The topological polar surface area (TPSA) is 82.2 Å². The lowest BCUT2D eigenvalue weighted by Gasteiger charge is -2.33. The van der Waals surface area contributed by atoms with E-state index in [2.05, 4.69) is 34.3 Å². The van der Waals surface area contributed by atoms with Crippen LogP contribution in [0.5, 0.6) is 5.75 Å². The predicted octanol–water partition coefficient (Wildman–Crippen LogP) is 2.44. The first kappa shape index (κ1) is 25.9. The SMILES string of the molecule is CN(Cc1cccc(OCCN2CCN(S(=O)(=O)c3ccc(Cl)cc3)CC2)c1)CC1CCC(=O)N1. The number of ether oxygens (including phenoxy) is 1. The van der Waals surface area contributed by atoms with Gasteiger partial charge in [0.2, 0.25) is 15.9 Å². The van der Waals surface area contributed by atoms with Crippen molar-refractivity contribution in [2.45, 2.75) is 30.3 Å². The molecule has 2 saturated heterocycles. The van der Waals surface area contributed by atoms with Crippen molar-refractivity contribution in [1.29, 1.82) is 0 Å². The fourth-order valence-electron chi connectivity index (χ4n) is 4.54. The molecule has 0 aliphatic carbocycles. The second kappa shape index (κ2) is 11.7. The van der Waals surface area contributed by atoms with Crippen LogP contribution in [0.25, 0.3) is 0 Å². The molecule has 0 aromatic heterocycles. The maximum atomic E-state index is 12.8. The van der Waals surface area contributed by atoms with Gasteiger partial charge in [0.1, 0.15) is 12.4 Å². The van der Waals surface area contributed by atoms with Gasteiger partial charge in [0.15, 0.2) is 0 Å². The summed E-state index contributed by atoms with van der Waals surface area (Å²) in [5.41, 5.74) is 1.16. The van der Waals surface area contributed by atoms with Gasteiger partial charge < -0.3 is 15.0 Å². The number of amides is 1. The number of piperazine rings is 1. The molecule has 2 fully saturated rings. The van der Waals surface area contributed by atoms with Gasteiger partial charge in [0, 0.05) is 63.3 Å². The monoisotopic (exact) mass is 520 g/mol. The summed E-state index contributed by atoms with van der Waals surface area (Å²) in [4.78, 5) is 16.1. The lowest BCUT2D eigenvalue weighted by atomic mass is 10.1. The van der Waals surface area contributed by atoms with E-state index in [0.29, 0.717) is 44.2 Å². The molecule has 1 amide bonds. The summed E-state index contributed by atoms with van der Waals surface area (Å²) in [5, 5.41) is 3.53. The molecule has 2 heterocycles. The molecule has 0 spiro atoms. The lowest BCUT2D eigenvalue weighted by Crippen LogP contribution is -2.49. The number of carbonyl (C=O) groups is 1. The van der Waals surface area contributed by atoms with E-state index < -0.39 is 10.0 Å². The Balaban J connectivity index is 1.19. The van der Waals surface area contributed by atoms with E-state index >= 15 is 0 Å². The number of benzene rings is 2. The van der Waals surface area contributed by atoms with Crippen LogP contribution in [0, 0.1) is 0 Å². The van der Waals surface area contributed by atoms with Crippen molar-refractivity contribution in [3.8, 4) is 5.75 Å². The molecule has 8 nitrogen and oxygen atoms in total. The smallest absolute Gasteiger partial charge is 0.243 e. The molecule has 190 valence electrons. The summed E-state index contributed by atoms with van der Waals surface area (Å²) in [6.07, 6.45) is 1.52. The first-order valence-electron chi connectivity index (χ1n) is 12.0. The summed E-state index contributed by atoms with van der Waals surface area (Å²) < 4.78 is 33.2. The van der Waals surface area contributed by atoms with E-state index in [1.165, 1.54) is 4.31 Å². The van der Waals surface area contributed by atoms with E-state index in [0.717, 1.165) is 37.4 Å². The Bertz CT molecular complexity index is 1100. The maximum Gasteiger partial charge on any atom is 0.243 e. The van der Waals surface area contributed by atoms with Crippen LogP contribution >= 0.6 is 11.6 Å². The van der Waals surface area contributed by atoms with Crippen molar-refractivity contribution < 1.29 is 17.9 Å². The second-order valence-electron chi connectivity index (χ2n) is 9.20. The molecule has 35 heavy (non-hydrogen) atoms. The molecule has 1 unspecified atom stereocenters. The molecule has 4 rings (SSSR count). The molecular formula is C25H33ClN4O4S. The average Bonchev–Trinajstić information content (AvgIpc) is 3.24. The molecule has 2 aromatic carbocycles. The third-order valence-corrected chi connectivity index (χ3v) is 8.59. The Morgan fingerprint density at radius 2 is 1.86 bits per heavy atom. The molecule has 0 saturated carbocycles. The number of nitrogens with zero attached hydrogens (tertiary/aromatic N) is 3. The third kappa shape index (κ3) is 7.17. The van der Waals surface area contributed by atoms with E-state index in [1.807, 2.05) is 12.1 Å². The van der Waals surface area contributed by atoms with Crippen molar-refractivity contribution in [3.05, 3.63) is 59.1 Å². The molecule has 1 N–H and O–H groups in total. The van der Waals surface area contributed by atoms with Crippen molar-refractivity contribution in [1.82, 2.24) is 19.4 Å². The van der Waals surface area contributed by atoms with Gasteiger partial charge in [-0.25, -0.2) is 8.42 Å². The van der Waals surface area contributed by atoms with E-state index in [4.69, 9.17) is 16.3 Å². The van der Waals surface area contributed by atoms with Crippen LogP contribution in [0.2, 0.25) is 5.02 Å². The minimum absolute atomic E-state index is 0.142. The molecule has 10 heteroatoms. The number of likely N-dealkylation sites (N-methyl/N-ethyl adjacent to an activating group) is 1. The molecule has 2 aliphatic rings. The standard InChI is InChI=1S/C25H33ClN4O4S/c1-28(19-22-7-10-25(31)27-22)18-20-3-2-4-23(17-20)34-16-15-29-11-13-30(14-12-29)35(32,33)24-8-5-21(26)6-9-24/h2-6,8-9,17,22H,7,10-16,18-19H2,1H3,(H,27,31). The number of hydrogen-bond acceptors (Lipinski definition) is 6. The Kier molecular flexibility index (Phi) is 8.67. The van der Waals surface area contributed by atoms with E-state index in [1.54, 1.807) is 24.3 Å². The van der Waals surface area contributed by atoms with Crippen LogP contribution in [0.15, 0.2) is 53.4 Å². The summed E-state index contributed by atoms with van der Waals surface area (Å²) >= 11 is 5.88.